The van der Waals surface area contributed by atoms with Gasteiger partial charge in [-0.1, -0.05) is 6.42 Å². The van der Waals surface area contributed by atoms with Crippen LogP contribution in [0.2, 0.25) is 0 Å². The van der Waals surface area contributed by atoms with Crippen LogP contribution in [0.25, 0.3) is 0 Å². The molecule has 0 spiro atoms. The zero-order chi connectivity index (χ0) is 18.9. The molecule has 0 saturated carbocycles. The van der Waals surface area contributed by atoms with Crippen LogP contribution in [0.1, 0.15) is 53.9 Å². The van der Waals surface area contributed by atoms with Gasteiger partial charge in [-0.3, -0.25) is 9.59 Å². The summed E-state index contributed by atoms with van der Waals surface area (Å²) in [4.78, 5) is 35.8. The first-order valence-electron chi connectivity index (χ1n) is 8.27. The lowest BCUT2D eigenvalue weighted by atomic mass is 10.1. The van der Waals surface area contributed by atoms with E-state index in [1.807, 2.05) is 0 Å². The molecule has 140 valence electrons. The number of unbranched alkanes of at least 4 members (excludes halogenated alkanes) is 1. The van der Waals surface area contributed by atoms with Crippen LogP contribution in [0.4, 0.5) is 0 Å². The van der Waals surface area contributed by atoms with Crippen LogP contribution in [-0.4, -0.2) is 48.1 Å². The quantitative estimate of drug-likeness (QED) is 0.337. The van der Waals surface area contributed by atoms with Gasteiger partial charge in [-0.25, -0.2) is 4.79 Å². The van der Waals surface area contributed by atoms with Crippen LogP contribution in [0, 0.1) is 0 Å². The smallest absolute Gasteiger partial charge is 0.328 e. The molecule has 8 nitrogen and oxygen atoms in total. The molecule has 0 bridgehead atoms. The Hall–Kier alpha value is -1.67. The number of hydrogen-bond acceptors (Lipinski definition) is 6. The second-order valence-corrected chi connectivity index (χ2v) is 6.88. The average Bonchev–Trinajstić information content (AvgIpc) is 2.45. The summed E-state index contributed by atoms with van der Waals surface area (Å²) in [6.07, 6.45) is 2.05. The number of rotatable bonds is 9. The van der Waals surface area contributed by atoms with Gasteiger partial charge in [0, 0.05) is 0 Å². The summed E-state index contributed by atoms with van der Waals surface area (Å²) in [5.74, 6) is -1.41. The van der Waals surface area contributed by atoms with Crippen molar-refractivity contribution in [1.82, 2.24) is 10.6 Å². The highest BCUT2D eigenvalue weighted by atomic mass is 16.6. The summed E-state index contributed by atoms with van der Waals surface area (Å²) < 4.78 is 5.18. The van der Waals surface area contributed by atoms with Gasteiger partial charge in [0.2, 0.25) is 11.8 Å². The third-order valence-corrected chi connectivity index (χ3v) is 3.18. The summed E-state index contributed by atoms with van der Waals surface area (Å²) in [5, 5.41) is 5.05. The molecule has 0 radical (unpaired) electrons. The predicted octanol–water partition coefficient (Wildman–Crippen LogP) is -0.206. The van der Waals surface area contributed by atoms with Crippen molar-refractivity contribution in [2.75, 3.05) is 6.54 Å². The standard InChI is InChI=1S/C16H32N4O4/c1-10(19-14(22)12(18)8-6-7-9-17)13(21)20-11(2)15(23)24-16(3,4)5/h10-12H,6-9,17-18H2,1-5H3,(H,19,22)(H,20,21). The SMILES string of the molecule is CC(NC(=O)C(N)CCCCN)C(=O)NC(C)C(=O)OC(C)(C)C. The van der Waals surface area contributed by atoms with Crippen LogP contribution >= 0.6 is 0 Å². The van der Waals surface area contributed by atoms with Crippen molar-refractivity contribution in [3.8, 4) is 0 Å². The van der Waals surface area contributed by atoms with Gasteiger partial charge >= 0.3 is 5.97 Å². The Morgan fingerprint density at radius 2 is 1.54 bits per heavy atom. The molecular weight excluding hydrogens is 312 g/mol. The van der Waals surface area contributed by atoms with E-state index in [1.165, 1.54) is 13.8 Å². The van der Waals surface area contributed by atoms with E-state index < -0.39 is 41.5 Å². The normalized spacial score (nSPS) is 15.1. The molecule has 0 aliphatic carbocycles. The Balaban J connectivity index is 4.36. The average molecular weight is 344 g/mol. The van der Waals surface area contributed by atoms with Crippen molar-refractivity contribution in [3.63, 3.8) is 0 Å². The molecule has 0 aromatic carbocycles. The minimum atomic E-state index is -0.811. The van der Waals surface area contributed by atoms with Crippen LogP contribution in [0.3, 0.4) is 0 Å². The molecule has 0 aliphatic heterocycles. The summed E-state index contributed by atoms with van der Waals surface area (Å²) >= 11 is 0. The fourth-order valence-electron chi connectivity index (χ4n) is 1.81. The van der Waals surface area contributed by atoms with Gasteiger partial charge in [-0.05, 0) is 54.0 Å². The fourth-order valence-corrected chi connectivity index (χ4v) is 1.81. The maximum absolute atomic E-state index is 12.1. The molecule has 8 heteroatoms. The molecule has 0 rings (SSSR count). The number of nitrogens with two attached hydrogens (primary N) is 2. The monoisotopic (exact) mass is 344 g/mol. The molecule has 0 aliphatic rings. The zero-order valence-corrected chi connectivity index (χ0v) is 15.3. The van der Waals surface area contributed by atoms with Crippen molar-refractivity contribution in [3.05, 3.63) is 0 Å². The van der Waals surface area contributed by atoms with E-state index in [0.717, 1.165) is 12.8 Å². The topological polar surface area (TPSA) is 137 Å². The van der Waals surface area contributed by atoms with Gasteiger partial charge in [-0.15, -0.1) is 0 Å². The minimum Gasteiger partial charge on any atom is -0.458 e. The van der Waals surface area contributed by atoms with Gasteiger partial charge in [0.05, 0.1) is 6.04 Å². The number of nitrogens with one attached hydrogen (secondary N) is 2. The molecule has 24 heavy (non-hydrogen) atoms. The van der Waals surface area contributed by atoms with Gasteiger partial charge in [0.15, 0.2) is 0 Å². The molecule has 0 heterocycles. The van der Waals surface area contributed by atoms with Gasteiger partial charge in [0.1, 0.15) is 17.7 Å². The lowest BCUT2D eigenvalue weighted by molar-refractivity contribution is -0.158. The van der Waals surface area contributed by atoms with E-state index in [0.29, 0.717) is 13.0 Å². The minimum absolute atomic E-state index is 0.403. The number of esters is 1. The number of carbonyl (C=O) groups is 3. The molecule has 0 aromatic rings. The van der Waals surface area contributed by atoms with Crippen LogP contribution < -0.4 is 22.1 Å². The molecule has 0 fully saturated rings. The molecule has 2 amide bonds. The van der Waals surface area contributed by atoms with E-state index in [9.17, 15) is 14.4 Å². The third-order valence-electron chi connectivity index (χ3n) is 3.18. The van der Waals surface area contributed by atoms with Crippen molar-refractivity contribution >= 4 is 17.8 Å². The molecule has 6 N–H and O–H groups in total. The first-order valence-corrected chi connectivity index (χ1v) is 8.27. The Morgan fingerprint density at radius 3 is 2.04 bits per heavy atom. The lowest BCUT2D eigenvalue weighted by Gasteiger charge is -2.24. The van der Waals surface area contributed by atoms with Crippen LogP contribution in [0.15, 0.2) is 0 Å². The van der Waals surface area contributed by atoms with Crippen molar-refractivity contribution in [1.29, 1.82) is 0 Å². The van der Waals surface area contributed by atoms with Gasteiger partial charge in [-0.2, -0.15) is 0 Å². The molecular formula is C16H32N4O4. The number of carbonyl (C=O) groups excluding carboxylic acids is 3. The Kier molecular flexibility index (Phi) is 9.53. The third kappa shape index (κ3) is 9.46. The van der Waals surface area contributed by atoms with Crippen molar-refractivity contribution < 1.29 is 19.1 Å². The van der Waals surface area contributed by atoms with Crippen LogP contribution in [-0.2, 0) is 19.1 Å². The van der Waals surface area contributed by atoms with E-state index >= 15 is 0 Å². The number of ether oxygens (including phenoxy) is 1. The number of hydrogen-bond donors (Lipinski definition) is 4. The molecule has 0 saturated heterocycles. The highest BCUT2D eigenvalue weighted by molar-refractivity contribution is 5.91. The Labute approximate surface area is 144 Å². The zero-order valence-electron chi connectivity index (χ0n) is 15.3. The molecule has 3 atom stereocenters. The van der Waals surface area contributed by atoms with E-state index in [-0.39, 0.29) is 0 Å². The Bertz CT molecular complexity index is 434. The number of amides is 2. The summed E-state index contributed by atoms with van der Waals surface area (Å²) in [6.45, 7) is 8.84. The first kappa shape index (κ1) is 22.3. The maximum Gasteiger partial charge on any atom is 0.328 e. The highest BCUT2D eigenvalue weighted by Crippen LogP contribution is 2.08. The van der Waals surface area contributed by atoms with Crippen molar-refractivity contribution in [2.45, 2.75) is 77.6 Å². The van der Waals surface area contributed by atoms with Crippen molar-refractivity contribution in [2.24, 2.45) is 11.5 Å². The second-order valence-electron chi connectivity index (χ2n) is 6.88. The first-order chi connectivity index (χ1) is 11.0. The molecule has 3 unspecified atom stereocenters. The summed E-state index contributed by atoms with van der Waals surface area (Å²) in [5.41, 5.74) is 10.5. The van der Waals surface area contributed by atoms with E-state index in [1.54, 1.807) is 20.8 Å². The Morgan fingerprint density at radius 1 is 1.00 bits per heavy atom. The van der Waals surface area contributed by atoms with Crippen LogP contribution in [0.5, 0.6) is 0 Å². The lowest BCUT2D eigenvalue weighted by Crippen LogP contribution is -2.53. The molecule has 0 aromatic heterocycles. The van der Waals surface area contributed by atoms with Gasteiger partial charge < -0.3 is 26.8 Å². The highest BCUT2D eigenvalue weighted by Gasteiger charge is 2.26. The van der Waals surface area contributed by atoms with E-state index in [2.05, 4.69) is 10.6 Å². The second kappa shape index (κ2) is 10.2. The summed E-state index contributed by atoms with van der Waals surface area (Å²) in [6, 6.07) is -2.30. The largest absolute Gasteiger partial charge is 0.458 e. The maximum atomic E-state index is 12.1. The van der Waals surface area contributed by atoms with Gasteiger partial charge in [0.25, 0.3) is 0 Å². The predicted molar refractivity (Wildman–Crippen MR) is 91.9 cm³/mol. The fraction of sp³-hybridized carbons (Fsp3) is 0.812. The van der Waals surface area contributed by atoms with E-state index in [4.69, 9.17) is 16.2 Å². The summed E-state index contributed by atoms with van der Waals surface area (Å²) in [7, 11) is 0.